The summed E-state index contributed by atoms with van der Waals surface area (Å²) in [6.45, 7) is 8.27. The van der Waals surface area contributed by atoms with Crippen LogP contribution in [0.4, 0.5) is 0 Å². The highest BCUT2D eigenvalue weighted by Crippen LogP contribution is 1.94. The van der Waals surface area contributed by atoms with Crippen LogP contribution in [0.3, 0.4) is 0 Å². The fraction of sp³-hybridized carbons (Fsp3) is 0.429. The second kappa shape index (κ2) is 9.58. The summed E-state index contributed by atoms with van der Waals surface area (Å²) in [5, 5.41) is 0. The largest absolute Gasteiger partial charge is 0.341 e. The van der Waals surface area contributed by atoms with Gasteiger partial charge in [0.25, 0.3) is 0 Å². The SMILES string of the molecule is CCC.Cc1ccc(C)nc1.Cn1ccnc1. The minimum atomic E-state index is 1.08. The molecule has 0 aliphatic heterocycles. The third kappa shape index (κ3) is 9.30. The molecular weight excluding hydrogens is 210 g/mol. The topological polar surface area (TPSA) is 30.7 Å². The number of hydrogen-bond acceptors (Lipinski definition) is 2. The molecule has 94 valence electrons. The molecule has 3 nitrogen and oxygen atoms in total. The lowest BCUT2D eigenvalue weighted by Crippen LogP contribution is -1.78. The van der Waals surface area contributed by atoms with E-state index >= 15 is 0 Å². The average Bonchev–Trinajstić information content (AvgIpc) is 2.76. The Bertz CT molecular complexity index is 342. The first kappa shape index (κ1) is 15.4. The minimum absolute atomic E-state index is 1.08. The maximum absolute atomic E-state index is 4.08. The van der Waals surface area contributed by atoms with Gasteiger partial charge in [0.2, 0.25) is 0 Å². The summed E-state index contributed by atoms with van der Waals surface area (Å²) >= 11 is 0. The van der Waals surface area contributed by atoms with Crippen LogP contribution in [-0.2, 0) is 7.05 Å². The molecule has 2 aromatic heterocycles. The summed E-state index contributed by atoms with van der Waals surface area (Å²) in [6.07, 6.45) is 8.51. The Morgan fingerprint density at radius 3 is 2.06 bits per heavy atom. The molecule has 0 spiro atoms. The van der Waals surface area contributed by atoms with Crippen LogP contribution in [0.1, 0.15) is 31.5 Å². The van der Waals surface area contributed by atoms with Crippen LogP contribution in [0, 0.1) is 13.8 Å². The number of rotatable bonds is 0. The van der Waals surface area contributed by atoms with Gasteiger partial charge in [-0.3, -0.25) is 4.98 Å². The van der Waals surface area contributed by atoms with Crippen LogP contribution in [0.2, 0.25) is 0 Å². The van der Waals surface area contributed by atoms with Crippen LogP contribution in [0.15, 0.2) is 37.1 Å². The molecule has 0 atom stereocenters. The molecule has 0 bridgehead atoms. The second-order valence-corrected chi connectivity index (χ2v) is 3.91. The molecule has 0 amide bonds. The lowest BCUT2D eigenvalue weighted by atomic mass is 10.3. The zero-order valence-electron chi connectivity index (χ0n) is 11.5. The van der Waals surface area contributed by atoms with E-state index in [0.717, 1.165) is 5.69 Å². The first-order valence-corrected chi connectivity index (χ1v) is 5.91. The first-order chi connectivity index (χ1) is 8.10. The van der Waals surface area contributed by atoms with E-state index in [4.69, 9.17) is 0 Å². The van der Waals surface area contributed by atoms with Gasteiger partial charge in [-0.25, -0.2) is 4.98 Å². The monoisotopic (exact) mass is 233 g/mol. The summed E-state index contributed by atoms with van der Waals surface area (Å²) in [7, 11) is 1.94. The summed E-state index contributed by atoms with van der Waals surface area (Å²) in [4.78, 5) is 7.86. The summed E-state index contributed by atoms with van der Waals surface area (Å²) in [5.74, 6) is 0. The van der Waals surface area contributed by atoms with Crippen molar-refractivity contribution in [2.24, 2.45) is 7.05 Å². The Kier molecular flexibility index (Phi) is 8.65. The highest BCUT2D eigenvalue weighted by molar-refractivity contribution is 5.10. The Morgan fingerprint density at radius 1 is 1.18 bits per heavy atom. The van der Waals surface area contributed by atoms with Crippen molar-refractivity contribution in [2.75, 3.05) is 0 Å². The second-order valence-electron chi connectivity index (χ2n) is 3.91. The van der Waals surface area contributed by atoms with E-state index in [9.17, 15) is 0 Å². The molecular formula is C14H23N3. The number of imidazole rings is 1. The van der Waals surface area contributed by atoms with Gasteiger partial charge < -0.3 is 4.57 Å². The molecule has 0 aliphatic rings. The van der Waals surface area contributed by atoms with E-state index in [-0.39, 0.29) is 0 Å². The molecule has 2 aromatic rings. The fourth-order valence-electron chi connectivity index (χ4n) is 0.868. The van der Waals surface area contributed by atoms with Gasteiger partial charge in [-0.05, 0) is 25.5 Å². The number of aryl methyl sites for hydroxylation is 3. The molecule has 0 aliphatic carbocycles. The smallest absolute Gasteiger partial charge is 0.0943 e. The van der Waals surface area contributed by atoms with Crippen molar-refractivity contribution in [2.45, 2.75) is 34.1 Å². The summed E-state index contributed by atoms with van der Waals surface area (Å²) < 4.78 is 1.89. The Balaban J connectivity index is 0.000000252. The molecule has 0 aromatic carbocycles. The van der Waals surface area contributed by atoms with Gasteiger partial charge in [-0.2, -0.15) is 0 Å². The first-order valence-electron chi connectivity index (χ1n) is 5.91. The number of aromatic nitrogens is 3. The van der Waals surface area contributed by atoms with Gasteiger partial charge in [0.15, 0.2) is 0 Å². The van der Waals surface area contributed by atoms with E-state index in [1.54, 1.807) is 12.5 Å². The van der Waals surface area contributed by atoms with Crippen molar-refractivity contribution in [3.63, 3.8) is 0 Å². The predicted molar refractivity (Wildman–Crippen MR) is 72.9 cm³/mol. The third-order valence-electron chi connectivity index (χ3n) is 1.70. The minimum Gasteiger partial charge on any atom is -0.341 e. The number of nitrogens with zero attached hydrogens (tertiary/aromatic N) is 3. The molecule has 0 saturated heterocycles. The normalized spacial score (nSPS) is 8.53. The van der Waals surface area contributed by atoms with Crippen molar-refractivity contribution in [1.29, 1.82) is 0 Å². The van der Waals surface area contributed by atoms with Gasteiger partial charge in [0, 0.05) is 31.3 Å². The van der Waals surface area contributed by atoms with Crippen LogP contribution < -0.4 is 0 Å². The summed E-state index contributed by atoms with van der Waals surface area (Å²) in [5.41, 5.74) is 2.30. The van der Waals surface area contributed by atoms with Gasteiger partial charge >= 0.3 is 0 Å². The lowest BCUT2D eigenvalue weighted by molar-refractivity contribution is 0.913. The van der Waals surface area contributed by atoms with Crippen molar-refractivity contribution in [3.05, 3.63) is 48.3 Å². The molecule has 0 fully saturated rings. The zero-order valence-corrected chi connectivity index (χ0v) is 11.5. The zero-order chi connectivity index (χ0) is 13.1. The fourth-order valence-corrected chi connectivity index (χ4v) is 0.868. The van der Waals surface area contributed by atoms with E-state index in [2.05, 4.69) is 29.9 Å². The highest BCUT2D eigenvalue weighted by Gasteiger charge is 1.81. The molecule has 0 N–H and O–H groups in total. The molecule has 3 heteroatoms. The summed E-state index contributed by atoms with van der Waals surface area (Å²) in [6, 6.07) is 4.07. The van der Waals surface area contributed by atoms with Crippen LogP contribution in [0.5, 0.6) is 0 Å². The Morgan fingerprint density at radius 2 is 1.82 bits per heavy atom. The molecule has 2 rings (SSSR count). The molecule has 0 unspecified atom stereocenters. The van der Waals surface area contributed by atoms with E-state index in [0.29, 0.717) is 0 Å². The van der Waals surface area contributed by atoms with E-state index in [1.165, 1.54) is 12.0 Å². The highest BCUT2D eigenvalue weighted by atomic mass is 15.0. The lowest BCUT2D eigenvalue weighted by Gasteiger charge is -1.89. The maximum atomic E-state index is 4.08. The standard InChI is InChI=1S/C7H9N.C4H6N2.C3H8/c1-6-3-4-7(2)8-5-6;1-6-3-2-5-4-6;1-3-2/h3-5H,1-2H3;2-4H,1H3;3H2,1-2H3. The quantitative estimate of drug-likeness (QED) is 0.697. The maximum Gasteiger partial charge on any atom is 0.0943 e. The average molecular weight is 233 g/mol. The Labute approximate surface area is 105 Å². The predicted octanol–water partition coefficient (Wildman–Crippen LogP) is 3.53. The van der Waals surface area contributed by atoms with Crippen LogP contribution in [-0.4, -0.2) is 14.5 Å². The molecule has 2 heterocycles. The van der Waals surface area contributed by atoms with Crippen LogP contribution in [0.25, 0.3) is 0 Å². The third-order valence-corrected chi connectivity index (χ3v) is 1.70. The number of hydrogen-bond donors (Lipinski definition) is 0. The van der Waals surface area contributed by atoms with Crippen molar-refractivity contribution >= 4 is 0 Å². The molecule has 0 saturated carbocycles. The van der Waals surface area contributed by atoms with Crippen LogP contribution >= 0.6 is 0 Å². The van der Waals surface area contributed by atoms with E-state index < -0.39 is 0 Å². The molecule has 17 heavy (non-hydrogen) atoms. The van der Waals surface area contributed by atoms with Gasteiger partial charge in [-0.15, -0.1) is 0 Å². The van der Waals surface area contributed by atoms with Crippen molar-refractivity contribution < 1.29 is 0 Å². The van der Waals surface area contributed by atoms with Gasteiger partial charge in [0.05, 0.1) is 6.33 Å². The van der Waals surface area contributed by atoms with Gasteiger partial charge in [-0.1, -0.05) is 26.3 Å². The van der Waals surface area contributed by atoms with Gasteiger partial charge in [0.1, 0.15) is 0 Å². The van der Waals surface area contributed by atoms with Crippen molar-refractivity contribution in [1.82, 2.24) is 14.5 Å². The number of pyridine rings is 1. The molecule has 0 radical (unpaired) electrons. The van der Waals surface area contributed by atoms with Crippen molar-refractivity contribution in [3.8, 4) is 0 Å². The van der Waals surface area contributed by atoms with E-state index in [1.807, 2.05) is 43.9 Å². The Hall–Kier alpha value is -1.64.